The molecular formula is C39H46N8O2. The standard InChI is InChI=1S/C39H46N8O2/c40-37-35-36(26-6-8-33(9-7-26)49-32-4-2-1-3-5-32)43-47(38(35)42-24-41-37)29-10-12-44(13-11-29)30-20-45(21-30)31-22-46(23-31)34(48)19-39-16-25-14-27(17-39)28(15-25)18-39/h1-9,24-25,27-31H,10-23H2,(H2,40,41,42). The number of nitrogens with zero attached hydrogens (tertiary/aromatic N) is 7. The van der Waals surface area contributed by atoms with Gasteiger partial charge in [-0.25, -0.2) is 14.6 Å². The van der Waals surface area contributed by atoms with Gasteiger partial charge in [0.05, 0.1) is 11.4 Å². The molecule has 254 valence electrons. The third kappa shape index (κ3) is 5.21. The molecule has 7 fully saturated rings. The minimum Gasteiger partial charge on any atom is -0.457 e. The number of rotatable bonds is 8. The molecule has 2 aromatic heterocycles. The number of aromatic nitrogens is 4. The number of benzene rings is 2. The fourth-order valence-corrected chi connectivity index (χ4v) is 10.8. The molecule has 2 N–H and O–H groups in total. The van der Waals surface area contributed by atoms with E-state index < -0.39 is 0 Å². The molecule has 4 bridgehead atoms. The summed E-state index contributed by atoms with van der Waals surface area (Å²) in [5.74, 6) is 5.26. The van der Waals surface area contributed by atoms with Crippen LogP contribution >= 0.6 is 0 Å². The van der Waals surface area contributed by atoms with E-state index in [0.717, 1.165) is 110 Å². The Morgan fingerprint density at radius 3 is 2.22 bits per heavy atom. The lowest BCUT2D eigenvalue weighted by atomic mass is 9.67. The zero-order valence-corrected chi connectivity index (χ0v) is 28.2. The summed E-state index contributed by atoms with van der Waals surface area (Å²) >= 11 is 0. The summed E-state index contributed by atoms with van der Waals surface area (Å²) in [7, 11) is 0. The van der Waals surface area contributed by atoms with Gasteiger partial charge in [0, 0.05) is 63.3 Å². The summed E-state index contributed by atoms with van der Waals surface area (Å²) < 4.78 is 8.11. The van der Waals surface area contributed by atoms with E-state index in [9.17, 15) is 4.79 Å². The van der Waals surface area contributed by atoms with Crippen LogP contribution in [0.15, 0.2) is 60.9 Å². The van der Waals surface area contributed by atoms with Crippen molar-refractivity contribution < 1.29 is 9.53 Å². The summed E-state index contributed by atoms with van der Waals surface area (Å²) in [5.41, 5.74) is 9.37. The Balaban J connectivity index is 0.739. The highest BCUT2D eigenvalue weighted by atomic mass is 16.5. The quantitative estimate of drug-likeness (QED) is 0.260. The van der Waals surface area contributed by atoms with Crippen molar-refractivity contribution in [2.24, 2.45) is 23.2 Å². The number of carbonyl (C=O) groups excluding carboxylic acids is 1. The first kappa shape index (κ1) is 29.9. The van der Waals surface area contributed by atoms with Crippen LogP contribution in [0, 0.1) is 23.2 Å². The number of fused-ring (bicyclic) bond motifs is 1. The first-order valence-corrected chi connectivity index (χ1v) is 18.5. The molecule has 4 aliphatic carbocycles. The molecule has 10 heteroatoms. The molecule has 10 nitrogen and oxygen atoms in total. The average Bonchev–Trinajstić information content (AvgIpc) is 3.67. The van der Waals surface area contributed by atoms with E-state index in [1.54, 1.807) is 6.33 Å². The average molecular weight is 659 g/mol. The topological polar surface area (TPSA) is 106 Å². The van der Waals surface area contributed by atoms with Crippen molar-refractivity contribution >= 4 is 22.8 Å². The fourth-order valence-electron chi connectivity index (χ4n) is 10.8. The van der Waals surface area contributed by atoms with Gasteiger partial charge in [-0.1, -0.05) is 18.2 Å². The number of amides is 1. The van der Waals surface area contributed by atoms with Crippen LogP contribution in [0.2, 0.25) is 0 Å². The van der Waals surface area contributed by atoms with Crippen LogP contribution < -0.4 is 10.5 Å². The molecule has 49 heavy (non-hydrogen) atoms. The number of ether oxygens (including phenoxy) is 1. The van der Waals surface area contributed by atoms with Crippen LogP contribution in [0.25, 0.3) is 22.3 Å². The van der Waals surface area contributed by atoms with Crippen molar-refractivity contribution in [1.29, 1.82) is 0 Å². The molecule has 0 radical (unpaired) electrons. The van der Waals surface area contributed by atoms with Gasteiger partial charge < -0.3 is 15.4 Å². The Labute approximate surface area is 287 Å². The Bertz CT molecular complexity index is 1840. The normalized spacial score (nSPS) is 29.1. The molecule has 11 rings (SSSR count). The van der Waals surface area contributed by atoms with E-state index >= 15 is 0 Å². The molecule has 2 aromatic carbocycles. The second-order valence-electron chi connectivity index (χ2n) is 16.2. The first-order chi connectivity index (χ1) is 24.0. The van der Waals surface area contributed by atoms with Crippen molar-refractivity contribution in [2.45, 2.75) is 69.5 Å². The van der Waals surface area contributed by atoms with Crippen molar-refractivity contribution in [2.75, 3.05) is 45.0 Å². The maximum Gasteiger partial charge on any atom is 0.223 e. The minimum absolute atomic E-state index is 0.259. The molecule has 2 atom stereocenters. The summed E-state index contributed by atoms with van der Waals surface area (Å²) in [6.45, 7) is 6.20. The van der Waals surface area contributed by atoms with Crippen molar-refractivity contribution in [3.63, 3.8) is 0 Å². The number of nitrogen functional groups attached to an aromatic ring is 1. The summed E-state index contributed by atoms with van der Waals surface area (Å²) in [5, 5.41) is 5.94. The molecule has 3 saturated heterocycles. The van der Waals surface area contributed by atoms with Crippen molar-refractivity contribution in [3.8, 4) is 22.8 Å². The lowest BCUT2D eigenvalue weighted by Gasteiger charge is -2.55. The highest BCUT2D eigenvalue weighted by Gasteiger charge is 2.57. The molecule has 4 saturated carbocycles. The number of likely N-dealkylation sites (tertiary alicyclic amines) is 3. The van der Waals surface area contributed by atoms with Gasteiger partial charge in [0.2, 0.25) is 5.91 Å². The Kier molecular flexibility index (Phi) is 7.02. The molecule has 3 aliphatic heterocycles. The van der Waals surface area contributed by atoms with E-state index in [1.807, 2.05) is 54.6 Å². The second-order valence-corrected chi connectivity index (χ2v) is 16.2. The predicted octanol–water partition coefficient (Wildman–Crippen LogP) is 5.62. The lowest BCUT2D eigenvalue weighted by molar-refractivity contribution is -0.145. The van der Waals surface area contributed by atoms with Crippen LogP contribution in [-0.2, 0) is 4.79 Å². The van der Waals surface area contributed by atoms with E-state index in [0.29, 0.717) is 29.2 Å². The second kappa shape index (κ2) is 11.5. The van der Waals surface area contributed by atoms with Gasteiger partial charge in [-0.05, 0) is 105 Å². The largest absolute Gasteiger partial charge is 0.457 e. The van der Waals surface area contributed by atoms with Gasteiger partial charge in [-0.2, -0.15) is 5.10 Å². The molecule has 1 amide bonds. The maximum absolute atomic E-state index is 13.3. The van der Waals surface area contributed by atoms with Crippen LogP contribution in [0.3, 0.4) is 0 Å². The highest BCUT2D eigenvalue weighted by Crippen LogP contribution is 2.65. The van der Waals surface area contributed by atoms with Crippen molar-refractivity contribution in [1.82, 2.24) is 34.4 Å². The number of carbonyl (C=O) groups is 1. The minimum atomic E-state index is 0.259. The molecule has 5 heterocycles. The zero-order valence-electron chi connectivity index (χ0n) is 28.2. The van der Waals surface area contributed by atoms with Gasteiger partial charge >= 0.3 is 0 Å². The van der Waals surface area contributed by atoms with Crippen molar-refractivity contribution in [3.05, 3.63) is 60.9 Å². The molecule has 0 spiro atoms. The smallest absolute Gasteiger partial charge is 0.223 e. The lowest BCUT2D eigenvalue weighted by Crippen LogP contribution is -2.70. The van der Waals surface area contributed by atoms with Gasteiger partial charge in [0.25, 0.3) is 0 Å². The van der Waals surface area contributed by atoms with Gasteiger partial charge in [-0.3, -0.25) is 14.6 Å². The number of anilines is 1. The van der Waals surface area contributed by atoms with Gasteiger partial charge in [0.1, 0.15) is 29.3 Å². The molecule has 7 aliphatic rings. The van der Waals surface area contributed by atoms with Crippen LogP contribution in [-0.4, -0.2) is 91.7 Å². The Hall–Kier alpha value is -4.02. The predicted molar refractivity (Wildman–Crippen MR) is 188 cm³/mol. The van der Waals surface area contributed by atoms with Gasteiger partial charge in [0.15, 0.2) is 5.65 Å². The van der Waals surface area contributed by atoms with E-state index in [4.69, 9.17) is 15.6 Å². The number of hydrogen-bond acceptors (Lipinski definition) is 8. The summed E-state index contributed by atoms with van der Waals surface area (Å²) in [6.07, 6.45) is 11.3. The molecule has 2 unspecified atom stereocenters. The number of nitrogens with two attached hydrogens (primary N) is 1. The zero-order chi connectivity index (χ0) is 32.7. The molecule has 4 aromatic rings. The fraction of sp³-hybridized carbons (Fsp3) is 0.538. The van der Waals surface area contributed by atoms with Crippen LogP contribution in [0.5, 0.6) is 11.5 Å². The third-order valence-electron chi connectivity index (χ3n) is 13.2. The first-order valence-electron chi connectivity index (χ1n) is 18.5. The summed E-state index contributed by atoms with van der Waals surface area (Å²) in [6, 6.07) is 19.2. The number of piperidine rings is 1. The Morgan fingerprint density at radius 1 is 0.816 bits per heavy atom. The van der Waals surface area contributed by atoms with E-state index in [1.165, 1.54) is 32.1 Å². The molecular weight excluding hydrogens is 612 g/mol. The van der Waals surface area contributed by atoms with Crippen LogP contribution in [0.1, 0.15) is 57.4 Å². The number of para-hydroxylation sites is 1. The SMILES string of the molecule is Nc1ncnc2c1c(-c1ccc(Oc3ccccc3)cc1)nn2C1CCN(C2CN(C3CN(C(=O)CC45CC6CC(C4)C(C6)C5)C3)C2)CC1. The van der Waals surface area contributed by atoms with Crippen LogP contribution in [0.4, 0.5) is 5.82 Å². The number of hydrogen-bond donors (Lipinski definition) is 1. The monoisotopic (exact) mass is 658 g/mol. The van der Waals surface area contributed by atoms with Gasteiger partial charge in [-0.15, -0.1) is 0 Å². The van der Waals surface area contributed by atoms with E-state index in [2.05, 4.69) is 29.3 Å². The third-order valence-corrected chi connectivity index (χ3v) is 13.2. The van der Waals surface area contributed by atoms with E-state index in [-0.39, 0.29) is 6.04 Å². The highest BCUT2D eigenvalue weighted by molar-refractivity contribution is 5.98. The summed E-state index contributed by atoms with van der Waals surface area (Å²) in [4.78, 5) is 29.7. The maximum atomic E-state index is 13.3. The Morgan fingerprint density at radius 2 is 1.51 bits per heavy atom.